The number of pyridine rings is 1. The third kappa shape index (κ3) is 2.47. The first-order valence-corrected chi connectivity index (χ1v) is 4.52. The van der Waals surface area contributed by atoms with Gasteiger partial charge < -0.3 is 0 Å². The summed E-state index contributed by atoms with van der Waals surface area (Å²) in [5.74, 6) is 0. The van der Waals surface area contributed by atoms with Gasteiger partial charge in [-0.3, -0.25) is 0 Å². The number of nitrogens with zero attached hydrogens (tertiary/aromatic N) is 2. The Morgan fingerprint density at radius 3 is 2.31 bits per heavy atom. The van der Waals surface area contributed by atoms with Crippen molar-refractivity contribution in [2.45, 2.75) is 12.6 Å². The molecule has 0 aromatic carbocycles. The molecular weight excluding hydrogens is 299 g/mol. The van der Waals surface area contributed by atoms with Gasteiger partial charge in [-0.05, 0) is 22.0 Å². The number of halogens is 6. The molecule has 0 radical (unpaired) electrons. The van der Waals surface area contributed by atoms with Crippen LogP contribution in [-0.2, 0) is 6.18 Å². The van der Waals surface area contributed by atoms with Crippen LogP contribution in [0.25, 0.3) is 0 Å². The number of alkyl halides is 5. The fraction of sp³-hybridized carbons (Fsp3) is 0.250. The summed E-state index contributed by atoms with van der Waals surface area (Å²) in [6, 6.07) is 1.79. The lowest BCUT2D eigenvalue weighted by Crippen LogP contribution is -2.13. The van der Waals surface area contributed by atoms with Crippen LogP contribution in [0.2, 0.25) is 0 Å². The summed E-state index contributed by atoms with van der Waals surface area (Å²) >= 11 is 2.58. The zero-order valence-electron chi connectivity index (χ0n) is 7.32. The van der Waals surface area contributed by atoms with E-state index in [-0.39, 0.29) is 0 Å². The molecule has 0 unspecified atom stereocenters. The Balaban J connectivity index is 3.57. The lowest BCUT2D eigenvalue weighted by molar-refractivity contribution is -0.141. The number of nitriles is 1. The molecule has 86 valence electrons. The third-order valence-electron chi connectivity index (χ3n) is 1.63. The summed E-state index contributed by atoms with van der Waals surface area (Å²) in [6.07, 6.45) is -8.12. The van der Waals surface area contributed by atoms with Crippen LogP contribution in [0, 0.1) is 11.3 Å². The van der Waals surface area contributed by atoms with Crippen LogP contribution in [0.5, 0.6) is 0 Å². The highest BCUT2D eigenvalue weighted by atomic mass is 79.9. The minimum atomic E-state index is -4.95. The van der Waals surface area contributed by atoms with E-state index >= 15 is 0 Å². The zero-order chi connectivity index (χ0) is 12.5. The van der Waals surface area contributed by atoms with Crippen LogP contribution in [0.4, 0.5) is 22.0 Å². The largest absolute Gasteiger partial charge is 0.434 e. The fourth-order valence-electron chi connectivity index (χ4n) is 1.03. The van der Waals surface area contributed by atoms with Crippen LogP contribution in [0.3, 0.4) is 0 Å². The number of hydrogen-bond acceptors (Lipinski definition) is 2. The van der Waals surface area contributed by atoms with E-state index in [1.807, 2.05) is 0 Å². The normalized spacial score (nSPS) is 11.6. The Kier molecular flexibility index (Phi) is 3.48. The number of aromatic nitrogens is 1. The number of hydrogen-bond donors (Lipinski definition) is 0. The van der Waals surface area contributed by atoms with E-state index in [1.165, 1.54) is 0 Å². The molecule has 0 aliphatic carbocycles. The summed E-state index contributed by atoms with van der Waals surface area (Å²) in [7, 11) is 0. The molecule has 16 heavy (non-hydrogen) atoms. The lowest BCUT2D eigenvalue weighted by atomic mass is 10.1. The third-order valence-corrected chi connectivity index (χ3v) is 2.04. The second kappa shape index (κ2) is 4.33. The van der Waals surface area contributed by atoms with E-state index in [9.17, 15) is 22.0 Å². The first-order valence-electron chi connectivity index (χ1n) is 3.73. The summed E-state index contributed by atoms with van der Waals surface area (Å²) < 4.78 is 61.5. The van der Waals surface area contributed by atoms with Crippen LogP contribution in [0.15, 0.2) is 10.7 Å². The molecule has 8 heteroatoms. The van der Waals surface area contributed by atoms with E-state index in [0.717, 1.165) is 6.07 Å². The SMILES string of the molecule is N#Cc1c(C(F)F)cc(Br)nc1C(F)(F)F. The molecule has 1 heterocycles. The molecular formula is C8H2BrF5N2. The topological polar surface area (TPSA) is 36.7 Å². The Morgan fingerprint density at radius 2 is 1.94 bits per heavy atom. The zero-order valence-corrected chi connectivity index (χ0v) is 8.90. The smallest absolute Gasteiger partial charge is 0.235 e. The molecule has 0 aliphatic heterocycles. The molecule has 1 rings (SSSR count). The molecule has 0 saturated carbocycles. The Morgan fingerprint density at radius 1 is 1.38 bits per heavy atom. The average Bonchev–Trinajstić information content (AvgIpc) is 2.14. The van der Waals surface area contributed by atoms with Crippen molar-refractivity contribution < 1.29 is 22.0 Å². The van der Waals surface area contributed by atoms with Gasteiger partial charge in [0.05, 0.1) is 5.56 Å². The van der Waals surface area contributed by atoms with Crippen LogP contribution in [0.1, 0.15) is 23.2 Å². The first kappa shape index (κ1) is 12.8. The maximum absolute atomic E-state index is 12.4. The molecule has 0 amide bonds. The lowest BCUT2D eigenvalue weighted by Gasteiger charge is -2.11. The Hall–Kier alpha value is -1.23. The van der Waals surface area contributed by atoms with Crippen molar-refractivity contribution >= 4 is 15.9 Å². The van der Waals surface area contributed by atoms with Gasteiger partial charge in [-0.2, -0.15) is 18.4 Å². The van der Waals surface area contributed by atoms with Gasteiger partial charge in [0.2, 0.25) is 0 Å². The predicted molar refractivity (Wildman–Crippen MR) is 46.6 cm³/mol. The Bertz CT molecular complexity index is 449. The van der Waals surface area contributed by atoms with E-state index in [1.54, 1.807) is 0 Å². The highest BCUT2D eigenvalue weighted by Crippen LogP contribution is 2.35. The second-order valence-electron chi connectivity index (χ2n) is 2.67. The van der Waals surface area contributed by atoms with Crippen molar-refractivity contribution in [2.24, 2.45) is 0 Å². The average molecular weight is 301 g/mol. The van der Waals surface area contributed by atoms with Gasteiger partial charge in [-0.1, -0.05) is 0 Å². The van der Waals surface area contributed by atoms with Gasteiger partial charge in [-0.25, -0.2) is 13.8 Å². The van der Waals surface area contributed by atoms with E-state index < -0.39 is 34.0 Å². The van der Waals surface area contributed by atoms with Crippen molar-refractivity contribution in [2.75, 3.05) is 0 Å². The van der Waals surface area contributed by atoms with Crippen molar-refractivity contribution in [1.29, 1.82) is 5.26 Å². The fourth-order valence-corrected chi connectivity index (χ4v) is 1.45. The summed E-state index contributed by atoms with van der Waals surface area (Å²) in [5.41, 5.74) is -3.75. The highest BCUT2D eigenvalue weighted by molar-refractivity contribution is 9.10. The molecule has 0 fully saturated rings. The molecule has 0 saturated heterocycles. The van der Waals surface area contributed by atoms with Crippen LogP contribution in [-0.4, -0.2) is 4.98 Å². The molecule has 0 aliphatic rings. The standard InChI is InChI=1S/C8H2BrF5N2/c9-5-1-3(7(10)11)4(2-15)6(16-5)8(12,13)14/h1,7H. The molecule has 2 nitrogen and oxygen atoms in total. The Labute approximate surface area is 94.8 Å². The molecule has 0 N–H and O–H groups in total. The molecule has 1 aromatic heterocycles. The quantitative estimate of drug-likeness (QED) is 0.586. The van der Waals surface area contributed by atoms with E-state index in [0.29, 0.717) is 6.07 Å². The minimum absolute atomic E-state index is 0.394. The number of rotatable bonds is 1. The van der Waals surface area contributed by atoms with Crippen LogP contribution < -0.4 is 0 Å². The highest BCUT2D eigenvalue weighted by Gasteiger charge is 2.38. The molecule has 1 aromatic rings. The molecule has 0 spiro atoms. The van der Waals surface area contributed by atoms with Gasteiger partial charge in [0.15, 0.2) is 5.69 Å². The van der Waals surface area contributed by atoms with Crippen LogP contribution >= 0.6 is 15.9 Å². The van der Waals surface area contributed by atoms with E-state index in [4.69, 9.17) is 5.26 Å². The van der Waals surface area contributed by atoms with Gasteiger partial charge in [0.25, 0.3) is 6.43 Å². The van der Waals surface area contributed by atoms with Gasteiger partial charge >= 0.3 is 6.18 Å². The monoisotopic (exact) mass is 300 g/mol. The summed E-state index contributed by atoms with van der Waals surface area (Å²) in [6.45, 7) is 0. The second-order valence-corrected chi connectivity index (χ2v) is 3.48. The van der Waals surface area contributed by atoms with Crippen molar-refractivity contribution in [3.05, 3.63) is 27.5 Å². The predicted octanol–water partition coefficient (Wildman–Crippen LogP) is 3.67. The van der Waals surface area contributed by atoms with Crippen molar-refractivity contribution in [3.63, 3.8) is 0 Å². The van der Waals surface area contributed by atoms with Gasteiger partial charge in [0, 0.05) is 5.56 Å². The van der Waals surface area contributed by atoms with Crippen molar-refractivity contribution in [1.82, 2.24) is 4.98 Å². The molecule has 0 bridgehead atoms. The molecule has 0 atom stereocenters. The van der Waals surface area contributed by atoms with E-state index in [2.05, 4.69) is 20.9 Å². The maximum Gasteiger partial charge on any atom is 0.434 e. The summed E-state index contributed by atoms with van der Waals surface area (Å²) in [5, 5.41) is 8.46. The first-order chi connectivity index (χ1) is 7.27. The summed E-state index contributed by atoms with van der Waals surface area (Å²) in [4.78, 5) is 2.99. The van der Waals surface area contributed by atoms with Crippen molar-refractivity contribution in [3.8, 4) is 6.07 Å². The van der Waals surface area contributed by atoms with Gasteiger partial charge in [-0.15, -0.1) is 0 Å². The minimum Gasteiger partial charge on any atom is -0.235 e. The van der Waals surface area contributed by atoms with Gasteiger partial charge in [0.1, 0.15) is 10.7 Å². The maximum atomic E-state index is 12.4.